The lowest BCUT2D eigenvalue weighted by Crippen LogP contribution is -2.54. The third kappa shape index (κ3) is 7.97. The smallest absolute Gasteiger partial charge is 0.264 e. The number of rotatable bonds is 11. The molecule has 220 valence electrons. The van der Waals surface area contributed by atoms with Crippen LogP contribution in [0.2, 0.25) is 0 Å². The Hall–Kier alpha value is -4.12. The fourth-order valence-electron chi connectivity index (χ4n) is 4.07. The van der Waals surface area contributed by atoms with Crippen molar-refractivity contribution in [2.45, 2.75) is 50.7 Å². The van der Waals surface area contributed by atoms with E-state index in [-0.39, 0.29) is 22.9 Å². The van der Waals surface area contributed by atoms with Gasteiger partial charge in [-0.1, -0.05) is 30.3 Å². The van der Waals surface area contributed by atoms with Crippen LogP contribution in [0.4, 0.5) is 10.1 Å². The van der Waals surface area contributed by atoms with E-state index in [2.05, 4.69) is 5.32 Å². The maximum atomic E-state index is 14.0. The van der Waals surface area contributed by atoms with Crippen LogP contribution < -0.4 is 19.1 Å². The van der Waals surface area contributed by atoms with Gasteiger partial charge < -0.3 is 19.7 Å². The molecule has 0 aromatic heterocycles. The van der Waals surface area contributed by atoms with Gasteiger partial charge in [-0.15, -0.1) is 0 Å². The Morgan fingerprint density at radius 1 is 0.951 bits per heavy atom. The topological polar surface area (TPSA) is 105 Å². The van der Waals surface area contributed by atoms with Crippen molar-refractivity contribution in [3.05, 3.63) is 84.2 Å². The molecule has 0 spiro atoms. The summed E-state index contributed by atoms with van der Waals surface area (Å²) in [6.45, 7) is 6.28. The van der Waals surface area contributed by atoms with E-state index in [1.165, 1.54) is 61.6 Å². The molecule has 0 bridgehead atoms. The van der Waals surface area contributed by atoms with Gasteiger partial charge in [-0.25, -0.2) is 12.8 Å². The van der Waals surface area contributed by atoms with Crippen LogP contribution in [-0.2, 0) is 26.2 Å². The molecule has 1 N–H and O–H groups in total. The third-order valence-electron chi connectivity index (χ3n) is 6.20. The molecule has 41 heavy (non-hydrogen) atoms. The minimum Gasteiger partial charge on any atom is -0.497 e. The monoisotopic (exact) mass is 585 g/mol. The average molecular weight is 586 g/mol. The van der Waals surface area contributed by atoms with Crippen molar-refractivity contribution < 1.29 is 31.9 Å². The number of nitrogens with zero attached hydrogens (tertiary/aromatic N) is 2. The largest absolute Gasteiger partial charge is 0.497 e. The first-order valence-electron chi connectivity index (χ1n) is 12.9. The van der Waals surface area contributed by atoms with E-state index in [1.54, 1.807) is 37.3 Å². The maximum absolute atomic E-state index is 14.0. The molecule has 3 aromatic rings. The van der Waals surface area contributed by atoms with Crippen molar-refractivity contribution >= 4 is 27.5 Å². The van der Waals surface area contributed by atoms with Crippen molar-refractivity contribution in [2.75, 3.05) is 25.1 Å². The molecular weight excluding hydrogens is 549 g/mol. The Morgan fingerprint density at radius 2 is 1.59 bits per heavy atom. The molecular formula is C30H36FN3O6S. The van der Waals surface area contributed by atoms with Crippen molar-refractivity contribution in [3.63, 3.8) is 0 Å². The maximum Gasteiger partial charge on any atom is 0.264 e. The minimum atomic E-state index is -4.29. The molecule has 1 unspecified atom stereocenters. The first-order valence-corrected chi connectivity index (χ1v) is 14.4. The second-order valence-electron chi connectivity index (χ2n) is 10.4. The number of anilines is 1. The lowest BCUT2D eigenvalue weighted by molar-refractivity contribution is -0.140. The van der Waals surface area contributed by atoms with Gasteiger partial charge in [0.05, 0.1) is 24.8 Å². The zero-order valence-corrected chi connectivity index (χ0v) is 24.9. The highest BCUT2D eigenvalue weighted by Gasteiger charge is 2.34. The Balaban J connectivity index is 2.11. The number of carbonyl (C=O) groups is 2. The molecule has 1 atom stereocenters. The van der Waals surface area contributed by atoms with Crippen molar-refractivity contribution in [2.24, 2.45) is 0 Å². The molecule has 2 amide bonds. The Labute approximate surface area is 240 Å². The van der Waals surface area contributed by atoms with Gasteiger partial charge in [-0.2, -0.15) is 0 Å². The fourth-order valence-corrected chi connectivity index (χ4v) is 5.51. The highest BCUT2D eigenvalue weighted by Crippen LogP contribution is 2.36. The number of carbonyl (C=O) groups excluding carboxylic acids is 2. The van der Waals surface area contributed by atoms with Crippen LogP contribution in [0.15, 0.2) is 77.7 Å². The molecule has 0 fully saturated rings. The lowest BCUT2D eigenvalue weighted by Gasteiger charge is -2.33. The third-order valence-corrected chi connectivity index (χ3v) is 7.97. The molecule has 3 aromatic carbocycles. The number of methoxy groups -OCH3 is 2. The van der Waals surface area contributed by atoms with E-state index in [1.807, 2.05) is 20.8 Å². The first kappa shape index (κ1) is 31.4. The van der Waals surface area contributed by atoms with E-state index in [0.717, 1.165) is 4.31 Å². The van der Waals surface area contributed by atoms with Crippen LogP contribution in [0, 0.1) is 5.82 Å². The van der Waals surface area contributed by atoms with Crippen molar-refractivity contribution in [1.29, 1.82) is 0 Å². The standard InChI is InChI=1S/C30H36FN3O6S/c1-21(29(36)32-30(2,3)4)33(19-22-12-14-23(31)15-13-22)28(35)20-34(41(37,38)25-10-8-7-9-11-25)26-18-24(39-5)16-17-27(26)40-6/h7-18,21H,19-20H2,1-6H3,(H,32,36). The van der Waals surface area contributed by atoms with Crippen LogP contribution in [0.25, 0.3) is 0 Å². The van der Waals surface area contributed by atoms with E-state index < -0.39 is 45.8 Å². The lowest BCUT2D eigenvalue weighted by atomic mass is 10.1. The van der Waals surface area contributed by atoms with E-state index in [9.17, 15) is 22.4 Å². The van der Waals surface area contributed by atoms with Crippen LogP contribution in [0.5, 0.6) is 11.5 Å². The van der Waals surface area contributed by atoms with Gasteiger partial charge in [0.1, 0.15) is 29.9 Å². The number of benzene rings is 3. The van der Waals surface area contributed by atoms with E-state index >= 15 is 0 Å². The molecule has 0 saturated heterocycles. The average Bonchev–Trinajstić information content (AvgIpc) is 2.94. The summed E-state index contributed by atoms with van der Waals surface area (Å²) < 4.78 is 53.3. The highest BCUT2D eigenvalue weighted by atomic mass is 32.2. The van der Waals surface area contributed by atoms with Crippen molar-refractivity contribution in [3.8, 4) is 11.5 Å². The second-order valence-corrected chi connectivity index (χ2v) is 12.3. The number of halogens is 1. The quantitative estimate of drug-likeness (QED) is 0.358. The van der Waals surface area contributed by atoms with Gasteiger partial charge >= 0.3 is 0 Å². The fraction of sp³-hybridized carbons (Fsp3) is 0.333. The summed E-state index contributed by atoms with van der Waals surface area (Å²) in [6, 6.07) is 16.8. The summed E-state index contributed by atoms with van der Waals surface area (Å²) in [5.74, 6) is -0.987. The van der Waals surface area contributed by atoms with E-state index in [0.29, 0.717) is 11.3 Å². The minimum absolute atomic E-state index is 0.0405. The SMILES string of the molecule is COc1ccc(OC)c(N(CC(=O)N(Cc2ccc(F)cc2)C(C)C(=O)NC(C)(C)C)S(=O)(=O)c2ccccc2)c1. The number of ether oxygens (including phenoxy) is 2. The van der Waals surface area contributed by atoms with Gasteiger partial charge in [-0.3, -0.25) is 13.9 Å². The molecule has 0 aliphatic rings. The summed E-state index contributed by atoms with van der Waals surface area (Å²) in [5.41, 5.74) is 0.0659. The number of hydrogen-bond donors (Lipinski definition) is 1. The van der Waals surface area contributed by atoms with Crippen LogP contribution >= 0.6 is 0 Å². The van der Waals surface area contributed by atoms with Crippen LogP contribution in [-0.4, -0.2) is 57.5 Å². The van der Waals surface area contributed by atoms with Gasteiger partial charge in [0.2, 0.25) is 11.8 Å². The molecule has 0 aliphatic carbocycles. The number of nitrogens with one attached hydrogen (secondary N) is 1. The molecule has 3 rings (SSSR count). The Morgan fingerprint density at radius 3 is 2.15 bits per heavy atom. The van der Waals surface area contributed by atoms with Crippen molar-refractivity contribution in [1.82, 2.24) is 10.2 Å². The Bertz CT molecular complexity index is 1460. The van der Waals surface area contributed by atoms with Gasteiger partial charge in [0, 0.05) is 18.2 Å². The predicted octanol–water partition coefficient (Wildman–Crippen LogP) is 4.37. The zero-order chi connectivity index (χ0) is 30.4. The molecule has 0 heterocycles. The number of hydrogen-bond acceptors (Lipinski definition) is 6. The Kier molecular flexibility index (Phi) is 9.98. The normalized spacial score (nSPS) is 12.3. The van der Waals surface area contributed by atoms with Gasteiger partial charge in [-0.05, 0) is 69.7 Å². The first-order chi connectivity index (χ1) is 19.3. The molecule has 0 aliphatic heterocycles. The molecule has 9 nitrogen and oxygen atoms in total. The van der Waals surface area contributed by atoms with Gasteiger partial charge in [0.25, 0.3) is 10.0 Å². The highest BCUT2D eigenvalue weighted by molar-refractivity contribution is 7.92. The van der Waals surface area contributed by atoms with Crippen LogP contribution in [0.3, 0.4) is 0 Å². The summed E-state index contributed by atoms with van der Waals surface area (Å²) in [4.78, 5) is 28.4. The summed E-state index contributed by atoms with van der Waals surface area (Å²) in [7, 11) is -1.47. The van der Waals surface area contributed by atoms with E-state index in [4.69, 9.17) is 9.47 Å². The second kappa shape index (κ2) is 13.0. The summed E-state index contributed by atoms with van der Waals surface area (Å²) in [6.07, 6.45) is 0. The molecule has 0 radical (unpaired) electrons. The summed E-state index contributed by atoms with van der Waals surface area (Å²) in [5, 5.41) is 2.86. The number of sulfonamides is 1. The molecule has 11 heteroatoms. The van der Waals surface area contributed by atoms with Gasteiger partial charge in [0.15, 0.2) is 0 Å². The number of amides is 2. The molecule has 0 saturated carbocycles. The predicted molar refractivity (Wildman–Crippen MR) is 155 cm³/mol. The zero-order valence-electron chi connectivity index (χ0n) is 24.0. The van der Waals surface area contributed by atoms with Crippen LogP contribution in [0.1, 0.15) is 33.3 Å². The summed E-state index contributed by atoms with van der Waals surface area (Å²) >= 11 is 0.